The Kier molecular flexibility index (Phi) is 2.25. The van der Waals surface area contributed by atoms with Crippen molar-refractivity contribution in [3.8, 4) is 0 Å². The molecule has 2 rings (SSSR count). The molecular weight excluding hydrogens is 186 g/mol. The van der Waals surface area contributed by atoms with Gasteiger partial charge in [0, 0.05) is 13.2 Å². The summed E-state index contributed by atoms with van der Waals surface area (Å²) in [6.07, 6.45) is 4.79. The van der Waals surface area contributed by atoms with E-state index in [-0.39, 0.29) is 0 Å². The van der Waals surface area contributed by atoms with Gasteiger partial charge in [-0.05, 0) is 23.5 Å². The molecule has 0 aliphatic rings. The molecular formula is C12H17N3. The largest absolute Gasteiger partial charge is 0.318 e. The van der Waals surface area contributed by atoms with Gasteiger partial charge in [-0.3, -0.25) is 0 Å². The molecule has 0 spiro atoms. The lowest BCUT2D eigenvalue weighted by molar-refractivity contribution is 0.411. The van der Waals surface area contributed by atoms with Crippen LogP contribution in [-0.4, -0.2) is 14.5 Å². The van der Waals surface area contributed by atoms with E-state index in [0.29, 0.717) is 5.41 Å². The topological polar surface area (TPSA) is 30.7 Å². The fourth-order valence-electron chi connectivity index (χ4n) is 1.77. The predicted octanol–water partition coefficient (Wildman–Crippen LogP) is 2.56. The summed E-state index contributed by atoms with van der Waals surface area (Å²) in [5.74, 6) is 0. The van der Waals surface area contributed by atoms with Gasteiger partial charge < -0.3 is 4.57 Å². The number of rotatable bonds is 1. The van der Waals surface area contributed by atoms with Crippen molar-refractivity contribution in [2.75, 3.05) is 0 Å². The number of hydrogen-bond donors (Lipinski definition) is 0. The zero-order chi connectivity index (χ0) is 11.1. The van der Waals surface area contributed by atoms with Crippen LogP contribution in [0.2, 0.25) is 0 Å². The summed E-state index contributed by atoms with van der Waals surface area (Å²) in [5, 5.41) is 0. The second-order valence-corrected chi connectivity index (χ2v) is 5.28. The van der Waals surface area contributed by atoms with Crippen molar-refractivity contribution in [1.82, 2.24) is 14.5 Å². The Hall–Kier alpha value is -1.38. The van der Waals surface area contributed by atoms with Crippen LogP contribution >= 0.6 is 0 Å². The molecule has 2 aromatic rings. The van der Waals surface area contributed by atoms with Crippen molar-refractivity contribution in [3.63, 3.8) is 0 Å². The number of fused-ring (bicyclic) bond motifs is 1. The minimum Gasteiger partial charge on any atom is -0.318 e. The average Bonchev–Trinajstić information content (AvgIpc) is 2.45. The average molecular weight is 203 g/mol. The van der Waals surface area contributed by atoms with E-state index >= 15 is 0 Å². The molecule has 0 N–H and O–H groups in total. The van der Waals surface area contributed by atoms with E-state index in [2.05, 4.69) is 36.8 Å². The van der Waals surface area contributed by atoms with Gasteiger partial charge in [0.25, 0.3) is 0 Å². The Balaban J connectivity index is 2.39. The minimum atomic E-state index is 0.296. The molecule has 0 bridgehead atoms. The molecule has 0 aliphatic carbocycles. The number of nitrogens with zero attached hydrogens (tertiary/aromatic N) is 3. The van der Waals surface area contributed by atoms with Crippen LogP contribution in [0.25, 0.3) is 11.2 Å². The highest BCUT2D eigenvalue weighted by Gasteiger charge is 2.12. The van der Waals surface area contributed by atoms with Crippen molar-refractivity contribution >= 4 is 11.2 Å². The predicted molar refractivity (Wildman–Crippen MR) is 61.7 cm³/mol. The third-order valence-electron chi connectivity index (χ3n) is 2.34. The molecule has 3 nitrogen and oxygen atoms in total. The zero-order valence-electron chi connectivity index (χ0n) is 9.78. The highest BCUT2D eigenvalue weighted by atomic mass is 15.1. The molecule has 2 heterocycles. The van der Waals surface area contributed by atoms with Crippen LogP contribution in [0.5, 0.6) is 0 Å². The molecule has 0 radical (unpaired) electrons. The van der Waals surface area contributed by atoms with Gasteiger partial charge in [0.05, 0.1) is 6.33 Å². The lowest BCUT2D eigenvalue weighted by Crippen LogP contribution is -2.09. The first-order valence-corrected chi connectivity index (χ1v) is 5.22. The lowest BCUT2D eigenvalue weighted by Gasteiger charge is -2.17. The van der Waals surface area contributed by atoms with Crippen LogP contribution in [-0.2, 0) is 13.5 Å². The van der Waals surface area contributed by atoms with E-state index in [1.807, 2.05) is 17.8 Å². The maximum atomic E-state index is 4.43. The molecule has 0 unspecified atom stereocenters. The quantitative estimate of drug-likeness (QED) is 0.713. The van der Waals surface area contributed by atoms with E-state index in [4.69, 9.17) is 0 Å². The van der Waals surface area contributed by atoms with E-state index < -0.39 is 0 Å². The van der Waals surface area contributed by atoms with Gasteiger partial charge in [0.1, 0.15) is 5.52 Å². The molecule has 0 saturated heterocycles. The normalized spacial score (nSPS) is 12.3. The summed E-state index contributed by atoms with van der Waals surface area (Å²) in [7, 11) is 1.96. The highest BCUT2D eigenvalue weighted by Crippen LogP contribution is 2.21. The summed E-state index contributed by atoms with van der Waals surface area (Å²) in [6, 6.07) is 2.13. The molecule has 0 aromatic carbocycles. The van der Waals surface area contributed by atoms with Crippen LogP contribution in [0.3, 0.4) is 0 Å². The van der Waals surface area contributed by atoms with Gasteiger partial charge in [-0.2, -0.15) is 0 Å². The molecule has 0 aliphatic heterocycles. The van der Waals surface area contributed by atoms with Gasteiger partial charge in [-0.25, -0.2) is 9.97 Å². The Morgan fingerprint density at radius 3 is 2.67 bits per heavy atom. The molecule has 0 fully saturated rings. The third kappa shape index (κ3) is 2.17. The van der Waals surface area contributed by atoms with E-state index in [0.717, 1.165) is 17.6 Å². The van der Waals surface area contributed by atoms with Gasteiger partial charge in [0.2, 0.25) is 0 Å². The maximum Gasteiger partial charge on any atom is 0.159 e. The summed E-state index contributed by atoms with van der Waals surface area (Å²) in [4.78, 5) is 8.73. The van der Waals surface area contributed by atoms with Crippen molar-refractivity contribution in [3.05, 3.63) is 24.2 Å². The van der Waals surface area contributed by atoms with E-state index in [1.165, 1.54) is 5.56 Å². The lowest BCUT2D eigenvalue weighted by atomic mass is 9.89. The third-order valence-corrected chi connectivity index (χ3v) is 2.34. The van der Waals surface area contributed by atoms with Gasteiger partial charge >= 0.3 is 0 Å². The zero-order valence-corrected chi connectivity index (χ0v) is 9.78. The van der Waals surface area contributed by atoms with Crippen LogP contribution in [0.1, 0.15) is 26.3 Å². The molecule has 3 heteroatoms. The Morgan fingerprint density at radius 2 is 2.00 bits per heavy atom. The first-order valence-electron chi connectivity index (χ1n) is 5.22. The van der Waals surface area contributed by atoms with E-state index in [1.54, 1.807) is 6.33 Å². The van der Waals surface area contributed by atoms with Crippen molar-refractivity contribution in [2.45, 2.75) is 27.2 Å². The summed E-state index contributed by atoms with van der Waals surface area (Å²) in [5.41, 5.74) is 3.49. The van der Waals surface area contributed by atoms with Crippen LogP contribution < -0.4 is 0 Å². The molecule has 0 amide bonds. The van der Waals surface area contributed by atoms with E-state index in [9.17, 15) is 0 Å². The standard InChI is InChI=1S/C12H17N3/c1-12(2,3)6-9-5-10-11(13-7-9)15(4)8-14-10/h5,7-8H,6H2,1-4H3. The number of aromatic nitrogens is 3. The van der Waals surface area contributed by atoms with Gasteiger partial charge in [-0.1, -0.05) is 20.8 Å². The molecule has 15 heavy (non-hydrogen) atoms. The molecule has 0 atom stereocenters. The molecule has 0 saturated carbocycles. The number of imidazole rings is 1. The van der Waals surface area contributed by atoms with Crippen LogP contribution in [0.4, 0.5) is 0 Å². The second kappa shape index (κ2) is 3.33. The summed E-state index contributed by atoms with van der Waals surface area (Å²) >= 11 is 0. The molecule has 2 aromatic heterocycles. The maximum absolute atomic E-state index is 4.43. The minimum absolute atomic E-state index is 0.296. The summed E-state index contributed by atoms with van der Waals surface area (Å²) < 4.78 is 1.94. The number of pyridine rings is 1. The second-order valence-electron chi connectivity index (χ2n) is 5.28. The van der Waals surface area contributed by atoms with Crippen LogP contribution in [0, 0.1) is 5.41 Å². The van der Waals surface area contributed by atoms with Crippen molar-refractivity contribution < 1.29 is 0 Å². The molecule has 80 valence electrons. The Morgan fingerprint density at radius 1 is 1.27 bits per heavy atom. The SMILES string of the molecule is Cn1cnc2cc(CC(C)(C)C)cnc21. The first kappa shape index (κ1) is 10.1. The van der Waals surface area contributed by atoms with Crippen LogP contribution in [0.15, 0.2) is 18.6 Å². The fourth-order valence-corrected chi connectivity index (χ4v) is 1.77. The first-order chi connectivity index (χ1) is 6.96. The number of aryl methyl sites for hydroxylation is 1. The monoisotopic (exact) mass is 203 g/mol. The smallest absolute Gasteiger partial charge is 0.159 e. The van der Waals surface area contributed by atoms with Crippen molar-refractivity contribution in [2.24, 2.45) is 12.5 Å². The number of hydrogen-bond acceptors (Lipinski definition) is 2. The Bertz CT molecular complexity index is 477. The Labute approximate surface area is 90.2 Å². The van der Waals surface area contributed by atoms with Gasteiger partial charge in [-0.15, -0.1) is 0 Å². The van der Waals surface area contributed by atoms with Gasteiger partial charge in [0.15, 0.2) is 5.65 Å². The highest BCUT2D eigenvalue weighted by molar-refractivity contribution is 5.71. The summed E-state index contributed by atoms with van der Waals surface area (Å²) in [6.45, 7) is 6.70. The fraction of sp³-hybridized carbons (Fsp3) is 0.500. The van der Waals surface area contributed by atoms with Crippen molar-refractivity contribution in [1.29, 1.82) is 0 Å².